The maximum absolute atomic E-state index is 5.54. The lowest BCUT2D eigenvalue weighted by atomic mass is 9.93. The first-order valence-corrected chi connectivity index (χ1v) is 7.92. The Labute approximate surface area is 127 Å². The molecule has 21 heavy (non-hydrogen) atoms. The summed E-state index contributed by atoms with van der Waals surface area (Å²) in [4.78, 5) is 2.64. The van der Waals surface area contributed by atoms with Crippen LogP contribution >= 0.6 is 0 Å². The van der Waals surface area contributed by atoms with Crippen LogP contribution in [0.1, 0.15) is 18.9 Å². The van der Waals surface area contributed by atoms with Crippen LogP contribution < -0.4 is 14.8 Å². The van der Waals surface area contributed by atoms with Crippen LogP contribution in [-0.4, -0.2) is 44.8 Å². The highest BCUT2D eigenvalue weighted by atomic mass is 16.5. The van der Waals surface area contributed by atoms with E-state index in [0.29, 0.717) is 6.04 Å². The second-order valence-corrected chi connectivity index (χ2v) is 6.16. The molecule has 1 aromatic rings. The van der Waals surface area contributed by atoms with Gasteiger partial charge in [-0.3, -0.25) is 4.90 Å². The third-order valence-corrected chi connectivity index (χ3v) is 5.11. The Balaban J connectivity index is 1.77. The first-order chi connectivity index (χ1) is 10.3. The average Bonchev–Trinajstić information content (AvgIpc) is 3.08. The molecule has 3 atom stereocenters. The molecule has 0 radical (unpaired) electrons. The van der Waals surface area contributed by atoms with E-state index in [1.54, 1.807) is 14.2 Å². The molecule has 2 heterocycles. The predicted octanol–water partition coefficient (Wildman–Crippen LogP) is 2.13. The fourth-order valence-electron chi connectivity index (χ4n) is 4.06. The summed E-state index contributed by atoms with van der Waals surface area (Å²) in [6.07, 6.45) is 1.22. The number of hydrogen-bond acceptors (Lipinski definition) is 4. The minimum absolute atomic E-state index is 0.691. The van der Waals surface area contributed by atoms with E-state index >= 15 is 0 Å². The molecule has 4 nitrogen and oxygen atoms in total. The Kier molecular flexibility index (Phi) is 4.36. The Bertz CT molecular complexity index is 492. The van der Waals surface area contributed by atoms with Crippen LogP contribution in [0.5, 0.6) is 11.5 Å². The van der Waals surface area contributed by atoms with E-state index in [9.17, 15) is 0 Å². The van der Waals surface area contributed by atoms with Gasteiger partial charge in [-0.1, -0.05) is 13.0 Å². The minimum Gasteiger partial charge on any atom is -0.497 e. The van der Waals surface area contributed by atoms with E-state index < -0.39 is 0 Å². The number of benzene rings is 1. The summed E-state index contributed by atoms with van der Waals surface area (Å²) in [6.45, 7) is 6.84. The lowest BCUT2D eigenvalue weighted by Crippen LogP contribution is -2.34. The van der Waals surface area contributed by atoms with Crippen LogP contribution in [0.15, 0.2) is 18.2 Å². The van der Waals surface area contributed by atoms with Crippen LogP contribution in [0.25, 0.3) is 0 Å². The number of hydrogen-bond donors (Lipinski definition) is 1. The molecule has 2 fully saturated rings. The molecule has 2 aliphatic rings. The molecule has 0 bridgehead atoms. The number of nitrogens with zero attached hydrogens (tertiary/aromatic N) is 1. The molecule has 0 saturated carbocycles. The monoisotopic (exact) mass is 290 g/mol. The molecule has 0 aromatic heterocycles. The zero-order valence-electron chi connectivity index (χ0n) is 13.3. The van der Waals surface area contributed by atoms with E-state index in [1.165, 1.54) is 31.6 Å². The van der Waals surface area contributed by atoms with E-state index in [1.807, 2.05) is 12.1 Å². The van der Waals surface area contributed by atoms with Gasteiger partial charge in [0.1, 0.15) is 11.5 Å². The number of rotatable bonds is 5. The first-order valence-electron chi connectivity index (χ1n) is 7.92. The standard InChI is InChI=1S/C17H26N2O2/c1-4-16-15-9-18-8-13(15)11-19(16)10-12-5-6-14(20-2)7-17(12)21-3/h5-7,13,15-16,18H,4,8-11H2,1-3H3. The number of nitrogens with one attached hydrogen (secondary N) is 1. The molecule has 116 valence electrons. The second kappa shape index (κ2) is 6.24. The maximum atomic E-state index is 5.54. The lowest BCUT2D eigenvalue weighted by molar-refractivity contribution is 0.208. The average molecular weight is 290 g/mol. The van der Waals surface area contributed by atoms with Crippen molar-refractivity contribution in [1.82, 2.24) is 10.2 Å². The minimum atomic E-state index is 0.691. The van der Waals surface area contributed by atoms with Gasteiger partial charge in [0.25, 0.3) is 0 Å². The summed E-state index contributed by atoms with van der Waals surface area (Å²) in [5.41, 5.74) is 1.25. The molecule has 4 heteroatoms. The molecule has 0 amide bonds. The summed E-state index contributed by atoms with van der Waals surface area (Å²) < 4.78 is 10.8. The van der Waals surface area contributed by atoms with E-state index in [2.05, 4.69) is 23.2 Å². The largest absolute Gasteiger partial charge is 0.497 e. The molecule has 0 spiro atoms. The summed E-state index contributed by atoms with van der Waals surface area (Å²) >= 11 is 0. The summed E-state index contributed by atoms with van der Waals surface area (Å²) in [5.74, 6) is 3.42. The molecule has 3 rings (SSSR count). The van der Waals surface area contributed by atoms with Crippen molar-refractivity contribution >= 4 is 0 Å². The van der Waals surface area contributed by atoms with Crippen LogP contribution in [0.2, 0.25) is 0 Å². The van der Waals surface area contributed by atoms with Gasteiger partial charge in [0.15, 0.2) is 0 Å². The Morgan fingerprint density at radius 2 is 2.10 bits per heavy atom. The van der Waals surface area contributed by atoms with Gasteiger partial charge in [-0.2, -0.15) is 0 Å². The van der Waals surface area contributed by atoms with E-state index in [0.717, 1.165) is 29.9 Å². The molecule has 3 unspecified atom stereocenters. The van der Waals surface area contributed by atoms with Gasteiger partial charge >= 0.3 is 0 Å². The number of fused-ring (bicyclic) bond motifs is 1. The van der Waals surface area contributed by atoms with Crippen molar-refractivity contribution in [3.63, 3.8) is 0 Å². The van der Waals surface area contributed by atoms with Crippen molar-refractivity contribution in [3.05, 3.63) is 23.8 Å². The number of methoxy groups -OCH3 is 2. The SMILES string of the molecule is CCC1C2CNCC2CN1Cc1ccc(OC)cc1OC. The molecule has 0 aliphatic carbocycles. The van der Waals surface area contributed by atoms with Crippen molar-refractivity contribution in [2.75, 3.05) is 33.9 Å². The quantitative estimate of drug-likeness (QED) is 0.901. The van der Waals surface area contributed by atoms with Gasteiger partial charge in [-0.25, -0.2) is 0 Å². The molecule has 1 N–H and O–H groups in total. The van der Waals surface area contributed by atoms with Crippen LogP contribution in [0.3, 0.4) is 0 Å². The van der Waals surface area contributed by atoms with Gasteiger partial charge in [-0.05, 0) is 37.4 Å². The topological polar surface area (TPSA) is 33.7 Å². The third kappa shape index (κ3) is 2.74. The second-order valence-electron chi connectivity index (χ2n) is 6.16. The molecule has 2 saturated heterocycles. The highest BCUT2D eigenvalue weighted by Gasteiger charge is 2.43. The smallest absolute Gasteiger partial charge is 0.127 e. The normalized spacial score (nSPS) is 28.6. The summed E-state index contributed by atoms with van der Waals surface area (Å²) in [5, 5.41) is 3.54. The third-order valence-electron chi connectivity index (χ3n) is 5.11. The van der Waals surface area contributed by atoms with Gasteiger partial charge in [0, 0.05) is 30.8 Å². The van der Waals surface area contributed by atoms with Gasteiger partial charge in [0.05, 0.1) is 14.2 Å². The number of ether oxygens (including phenoxy) is 2. The van der Waals surface area contributed by atoms with Crippen molar-refractivity contribution in [3.8, 4) is 11.5 Å². The fraction of sp³-hybridized carbons (Fsp3) is 0.647. The van der Waals surface area contributed by atoms with Crippen molar-refractivity contribution in [2.24, 2.45) is 11.8 Å². The summed E-state index contributed by atoms with van der Waals surface area (Å²) in [7, 11) is 3.43. The lowest BCUT2D eigenvalue weighted by Gasteiger charge is -2.27. The molecular weight excluding hydrogens is 264 g/mol. The Morgan fingerprint density at radius 3 is 2.81 bits per heavy atom. The molecular formula is C17H26N2O2. The zero-order chi connectivity index (χ0) is 14.8. The van der Waals surface area contributed by atoms with Crippen LogP contribution in [0, 0.1) is 11.8 Å². The van der Waals surface area contributed by atoms with Crippen molar-refractivity contribution in [1.29, 1.82) is 0 Å². The van der Waals surface area contributed by atoms with Crippen LogP contribution in [0.4, 0.5) is 0 Å². The van der Waals surface area contributed by atoms with Crippen molar-refractivity contribution in [2.45, 2.75) is 25.9 Å². The van der Waals surface area contributed by atoms with Gasteiger partial charge < -0.3 is 14.8 Å². The molecule has 1 aromatic carbocycles. The predicted molar refractivity (Wildman–Crippen MR) is 83.9 cm³/mol. The molecule has 2 aliphatic heterocycles. The summed E-state index contributed by atoms with van der Waals surface area (Å²) in [6, 6.07) is 6.83. The van der Waals surface area contributed by atoms with Gasteiger partial charge in [-0.15, -0.1) is 0 Å². The first kappa shape index (κ1) is 14.7. The highest BCUT2D eigenvalue weighted by Crippen LogP contribution is 2.36. The Hall–Kier alpha value is -1.26. The number of likely N-dealkylation sites (tertiary alicyclic amines) is 1. The Morgan fingerprint density at radius 1 is 1.24 bits per heavy atom. The van der Waals surface area contributed by atoms with Crippen molar-refractivity contribution < 1.29 is 9.47 Å². The van der Waals surface area contributed by atoms with E-state index in [-0.39, 0.29) is 0 Å². The van der Waals surface area contributed by atoms with Crippen LogP contribution in [-0.2, 0) is 6.54 Å². The zero-order valence-corrected chi connectivity index (χ0v) is 13.3. The maximum Gasteiger partial charge on any atom is 0.127 e. The highest BCUT2D eigenvalue weighted by molar-refractivity contribution is 5.40. The van der Waals surface area contributed by atoms with E-state index in [4.69, 9.17) is 9.47 Å². The fourth-order valence-corrected chi connectivity index (χ4v) is 4.06. The van der Waals surface area contributed by atoms with Gasteiger partial charge in [0.2, 0.25) is 0 Å².